The van der Waals surface area contributed by atoms with Crippen LogP contribution in [0.15, 0.2) is 4.99 Å². The molecule has 1 aliphatic rings. The topological polar surface area (TPSA) is 85.8 Å². The quantitative estimate of drug-likeness (QED) is 0.457. The maximum Gasteiger partial charge on any atom is 0.291 e. The summed E-state index contributed by atoms with van der Waals surface area (Å²) < 4.78 is 0. The summed E-state index contributed by atoms with van der Waals surface area (Å²) in [5, 5.41) is 7.57. The molecule has 0 atom stereocenters. The van der Waals surface area contributed by atoms with Crippen molar-refractivity contribution in [1.29, 1.82) is 5.41 Å². The molecule has 96 valence electrons. The lowest BCUT2D eigenvalue weighted by atomic mass is 10.00. The highest BCUT2D eigenvalue weighted by Gasteiger charge is 2.34. The van der Waals surface area contributed by atoms with E-state index in [0.29, 0.717) is 13.1 Å². The van der Waals surface area contributed by atoms with Gasteiger partial charge >= 0.3 is 0 Å². The van der Waals surface area contributed by atoms with Crippen molar-refractivity contribution in [1.82, 2.24) is 9.80 Å². The van der Waals surface area contributed by atoms with Crippen molar-refractivity contribution in [3.8, 4) is 0 Å². The van der Waals surface area contributed by atoms with Gasteiger partial charge in [-0.05, 0) is 27.8 Å². The fourth-order valence-corrected chi connectivity index (χ4v) is 1.79. The van der Waals surface area contributed by atoms with Gasteiger partial charge in [0.1, 0.15) is 0 Å². The van der Waals surface area contributed by atoms with Crippen molar-refractivity contribution in [2.24, 2.45) is 10.7 Å². The molecule has 6 nitrogen and oxygen atoms in total. The second-order valence-electron chi connectivity index (χ2n) is 5.06. The molecule has 1 saturated heterocycles. The van der Waals surface area contributed by atoms with Crippen LogP contribution >= 0.6 is 0 Å². The van der Waals surface area contributed by atoms with Gasteiger partial charge in [-0.15, -0.1) is 0 Å². The van der Waals surface area contributed by atoms with Crippen molar-refractivity contribution in [2.75, 3.05) is 26.7 Å². The Labute approximate surface area is 102 Å². The van der Waals surface area contributed by atoms with Crippen LogP contribution < -0.4 is 5.73 Å². The summed E-state index contributed by atoms with van der Waals surface area (Å²) in [5.74, 6) is -0.405. The van der Waals surface area contributed by atoms with E-state index in [-0.39, 0.29) is 23.1 Å². The van der Waals surface area contributed by atoms with Gasteiger partial charge in [0.05, 0.1) is 5.84 Å². The fourth-order valence-electron chi connectivity index (χ4n) is 1.79. The Balaban J connectivity index is 2.72. The highest BCUT2D eigenvalue weighted by atomic mass is 16.2. The third kappa shape index (κ3) is 3.26. The van der Waals surface area contributed by atoms with E-state index in [0.717, 1.165) is 6.54 Å². The molecule has 1 amide bonds. The molecule has 1 aliphatic heterocycles. The van der Waals surface area contributed by atoms with Gasteiger partial charge in [0, 0.05) is 25.2 Å². The maximum atomic E-state index is 11.9. The van der Waals surface area contributed by atoms with E-state index in [9.17, 15) is 4.79 Å². The molecule has 0 aromatic heterocycles. The van der Waals surface area contributed by atoms with Crippen molar-refractivity contribution in [2.45, 2.75) is 26.3 Å². The van der Waals surface area contributed by atoms with E-state index < -0.39 is 0 Å². The molecule has 0 aromatic carbocycles. The molecule has 0 radical (unpaired) electrons. The molecule has 1 rings (SSSR count). The Kier molecular flexibility index (Phi) is 3.87. The summed E-state index contributed by atoms with van der Waals surface area (Å²) in [6.45, 7) is 7.75. The SMILES string of the molecule is CC(N)=NC(=N)C(=O)N1CCN(C)C(C)(C)C1. The number of nitrogens with zero attached hydrogens (tertiary/aromatic N) is 3. The van der Waals surface area contributed by atoms with Crippen LogP contribution in [0.1, 0.15) is 20.8 Å². The van der Waals surface area contributed by atoms with Gasteiger partial charge in [-0.3, -0.25) is 15.1 Å². The highest BCUT2D eigenvalue weighted by molar-refractivity contribution is 6.38. The van der Waals surface area contributed by atoms with Gasteiger partial charge in [-0.2, -0.15) is 0 Å². The lowest BCUT2D eigenvalue weighted by Gasteiger charge is -2.45. The minimum atomic E-state index is -0.351. The zero-order chi connectivity index (χ0) is 13.2. The Bertz CT molecular complexity index is 357. The summed E-state index contributed by atoms with van der Waals surface area (Å²) in [4.78, 5) is 19.5. The molecule has 0 spiro atoms. The number of carbonyl (C=O) groups excluding carboxylic acids is 1. The van der Waals surface area contributed by atoms with Crippen molar-refractivity contribution in [3.63, 3.8) is 0 Å². The number of rotatable bonds is 0. The third-order valence-electron chi connectivity index (χ3n) is 3.09. The molecule has 6 heteroatoms. The predicted octanol–water partition coefficient (Wildman–Crippen LogP) is -0.107. The zero-order valence-corrected chi connectivity index (χ0v) is 10.9. The molecule has 17 heavy (non-hydrogen) atoms. The molecule has 0 saturated carbocycles. The summed E-state index contributed by atoms with van der Waals surface area (Å²) in [7, 11) is 2.04. The summed E-state index contributed by atoms with van der Waals surface area (Å²) in [6, 6.07) is 0. The minimum Gasteiger partial charge on any atom is -0.387 e. The lowest BCUT2D eigenvalue weighted by molar-refractivity contribution is -0.128. The number of likely N-dealkylation sites (N-methyl/N-ethyl adjacent to an activating group) is 1. The number of amides is 1. The first-order valence-electron chi connectivity index (χ1n) is 5.64. The largest absolute Gasteiger partial charge is 0.387 e. The first-order chi connectivity index (χ1) is 7.74. The summed E-state index contributed by atoms with van der Waals surface area (Å²) in [6.07, 6.45) is 0. The summed E-state index contributed by atoms with van der Waals surface area (Å²) in [5.41, 5.74) is 5.29. The van der Waals surface area contributed by atoms with E-state index in [1.807, 2.05) is 7.05 Å². The normalized spacial score (nSPS) is 21.4. The third-order valence-corrected chi connectivity index (χ3v) is 3.09. The fraction of sp³-hybridized carbons (Fsp3) is 0.727. The molecular weight excluding hydrogens is 218 g/mol. The number of aliphatic imine (C=N–C) groups is 1. The number of amidine groups is 2. The molecule has 1 heterocycles. The number of hydrogen-bond acceptors (Lipinski definition) is 3. The van der Waals surface area contributed by atoms with E-state index in [2.05, 4.69) is 23.7 Å². The van der Waals surface area contributed by atoms with Crippen LogP contribution in [0.4, 0.5) is 0 Å². The first-order valence-corrected chi connectivity index (χ1v) is 5.64. The van der Waals surface area contributed by atoms with Crippen LogP contribution in [0.3, 0.4) is 0 Å². The lowest BCUT2D eigenvalue weighted by Crippen LogP contribution is -2.59. The van der Waals surface area contributed by atoms with Gasteiger partial charge in [-0.1, -0.05) is 0 Å². The number of carbonyl (C=O) groups is 1. The average molecular weight is 239 g/mol. The molecule has 0 aliphatic carbocycles. The number of piperazine rings is 1. The van der Waals surface area contributed by atoms with Crippen LogP contribution in [0.25, 0.3) is 0 Å². The number of nitrogens with one attached hydrogen (secondary N) is 1. The standard InChI is InChI=1S/C11H21N5O/c1-8(12)14-9(13)10(17)16-6-5-15(4)11(2,3)7-16/h5-7H2,1-4H3,(H3,12,13,14). The van der Waals surface area contributed by atoms with Gasteiger partial charge in [0.15, 0.2) is 0 Å². The Hall–Kier alpha value is -1.43. The summed E-state index contributed by atoms with van der Waals surface area (Å²) >= 11 is 0. The van der Waals surface area contributed by atoms with Crippen LogP contribution in [0.5, 0.6) is 0 Å². The first kappa shape index (κ1) is 13.6. The van der Waals surface area contributed by atoms with Crippen molar-refractivity contribution in [3.05, 3.63) is 0 Å². The Morgan fingerprint density at radius 3 is 2.47 bits per heavy atom. The number of hydrogen-bond donors (Lipinski definition) is 2. The van der Waals surface area contributed by atoms with Crippen LogP contribution in [0, 0.1) is 5.41 Å². The van der Waals surface area contributed by atoms with Gasteiger partial charge in [0.25, 0.3) is 5.91 Å². The average Bonchev–Trinajstić information content (AvgIpc) is 2.20. The molecule has 0 unspecified atom stereocenters. The number of nitrogens with two attached hydrogens (primary N) is 1. The highest BCUT2D eigenvalue weighted by Crippen LogP contribution is 2.18. The molecular formula is C11H21N5O. The van der Waals surface area contributed by atoms with E-state index >= 15 is 0 Å². The minimum absolute atomic E-state index is 0.0737. The predicted molar refractivity (Wildman–Crippen MR) is 68.3 cm³/mol. The molecule has 0 bridgehead atoms. The van der Waals surface area contributed by atoms with Gasteiger partial charge in [-0.25, -0.2) is 4.99 Å². The van der Waals surface area contributed by atoms with Gasteiger partial charge in [0.2, 0.25) is 5.84 Å². The Morgan fingerprint density at radius 1 is 1.41 bits per heavy atom. The molecule has 3 N–H and O–H groups in total. The van der Waals surface area contributed by atoms with E-state index in [4.69, 9.17) is 11.1 Å². The van der Waals surface area contributed by atoms with Crippen LogP contribution in [-0.2, 0) is 4.79 Å². The van der Waals surface area contributed by atoms with Crippen molar-refractivity contribution < 1.29 is 4.79 Å². The van der Waals surface area contributed by atoms with Crippen molar-refractivity contribution >= 4 is 17.6 Å². The smallest absolute Gasteiger partial charge is 0.291 e. The van der Waals surface area contributed by atoms with Crippen LogP contribution in [0.2, 0.25) is 0 Å². The van der Waals surface area contributed by atoms with Crippen LogP contribution in [-0.4, -0.2) is 59.6 Å². The zero-order valence-electron chi connectivity index (χ0n) is 10.9. The molecule has 1 fully saturated rings. The molecule has 0 aromatic rings. The Morgan fingerprint density at radius 2 is 2.00 bits per heavy atom. The van der Waals surface area contributed by atoms with E-state index in [1.165, 1.54) is 0 Å². The monoisotopic (exact) mass is 239 g/mol. The maximum absolute atomic E-state index is 11.9. The second kappa shape index (κ2) is 4.83. The van der Waals surface area contributed by atoms with E-state index in [1.54, 1.807) is 11.8 Å². The second-order valence-corrected chi connectivity index (χ2v) is 5.06. The van der Waals surface area contributed by atoms with Gasteiger partial charge < -0.3 is 10.6 Å².